The average Bonchev–Trinajstić information content (AvgIpc) is 3.63. The number of hydrogen-bond acceptors (Lipinski definition) is 14. The van der Waals surface area contributed by atoms with Gasteiger partial charge in [-0.05, 0) is 92.4 Å². The molecular weight excluding hydrogens is 644 g/mol. The van der Waals surface area contributed by atoms with Gasteiger partial charge in [0.05, 0.1) is 24.9 Å². The van der Waals surface area contributed by atoms with Crippen LogP contribution in [0.25, 0.3) is 0 Å². The lowest BCUT2D eigenvalue weighted by molar-refractivity contribution is -0.373. The molecule has 0 bridgehead atoms. The van der Waals surface area contributed by atoms with E-state index in [1.165, 1.54) is 0 Å². The number of hydrogen-bond donors (Lipinski definition) is 8. The van der Waals surface area contributed by atoms with Gasteiger partial charge in [0.2, 0.25) is 0 Å². The molecule has 0 spiro atoms. The van der Waals surface area contributed by atoms with Gasteiger partial charge < -0.3 is 64.5 Å². The highest BCUT2D eigenvalue weighted by molar-refractivity contribution is 5.85. The first-order valence-electron chi connectivity index (χ1n) is 18.1. The first-order valence-corrected chi connectivity index (χ1v) is 18.1. The van der Waals surface area contributed by atoms with Crippen molar-refractivity contribution in [3.63, 3.8) is 0 Å². The zero-order valence-electron chi connectivity index (χ0n) is 28.3. The predicted octanol–water partition coefficient (Wildman–Crippen LogP) is -0.747. The predicted molar refractivity (Wildman–Crippen MR) is 167 cm³/mol. The van der Waals surface area contributed by atoms with Crippen LogP contribution in [0.5, 0.6) is 0 Å². The zero-order chi connectivity index (χ0) is 35.0. The van der Waals surface area contributed by atoms with Gasteiger partial charge in [0.1, 0.15) is 55.4 Å². The maximum atomic E-state index is 12.5. The molecule has 278 valence electrons. The molecule has 14 nitrogen and oxygen atoms in total. The van der Waals surface area contributed by atoms with E-state index in [2.05, 4.69) is 13.8 Å². The summed E-state index contributed by atoms with van der Waals surface area (Å²) in [5.41, 5.74) is -0.165. The normalized spacial score (nSPS) is 54.4. The Morgan fingerprint density at radius 3 is 2.14 bits per heavy atom. The molecule has 18 atom stereocenters. The van der Waals surface area contributed by atoms with Crippen LogP contribution < -0.4 is 0 Å². The van der Waals surface area contributed by atoms with Gasteiger partial charge in [-0.15, -0.1) is 0 Å². The minimum atomic E-state index is -1.74. The second-order valence-electron chi connectivity index (χ2n) is 16.3. The summed E-state index contributed by atoms with van der Waals surface area (Å²) in [7, 11) is 0. The van der Waals surface area contributed by atoms with Crippen molar-refractivity contribution in [3.8, 4) is 0 Å². The second-order valence-corrected chi connectivity index (χ2v) is 16.3. The van der Waals surface area contributed by atoms with Gasteiger partial charge >= 0.3 is 5.97 Å². The Morgan fingerprint density at radius 2 is 1.47 bits per heavy atom. The van der Waals surface area contributed by atoms with Crippen molar-refractivity contribution in [3.05, 3.63) is 11.6 Å². The van der Waals surface area contributed by atoms with E-state index in [4.69, 9.17) is 23.7 Å². The molecule has 4 aliphatic carbocycles. The van der Waals surface area contributed by atoms with Crippen molar-refractivity contribution in [1.82, 2.24) is 0 Å². The van der Waals surface area contributed by atoms with Crippen LogP contribution in [0, 0.1) is 34.5 Å². The molecule has 49 heavy (non-hydrogen) atoms. The van der Waals surface area contributed by atoms with Crippen molar-refractivity contribution in [1.29, 1.82) is 0 Å². The summed E-state index contributed by atoms with van der Waals surface area (Å²) >= 11 is 0. The Morgan fingerprint density at radius 1 is 0.776 bits per heavy atom. The summed E-state index contributed by atoms with van der Waals surface area (Å²) in [6.45, 7) is 3.61. The van der Waals surface area contributed by atoms with E-state index in [0.29, 0.717) is 37.7 Å². The van der Waals surface area contributed by atoms with Gasteiger partial charge in [-0.1, -0.05) is 13.8 Å². The summed E-state index contributed by atoms with van der Waals surface area (Å²) in [5, 5.41) is 84.8. The number of carbonyl (C=O) groups is 1. The maximum Gasteiger partial charge on any atom is 0.331 e. The van der Waals surface area contributed by atoms with Gasteiger partial charge in [-0.2, -0.15) is 0 Å². The molecule has 0 unspecified atom stereocenters. The molecule has 0 amide bonds. The molecule has 0 aromatic carbocycles. The highest BCUT2D eigenvalue weighted by Crippen LogP contribution is 2.70. The summed E-state index contributed by atoms with van der Waals surface area (Å²) in [5.74, 6) is 0.596. The largest absolute Gasteiger partial charge is 0.458 e. The molecule has 3 heterocycles. The minimum Gasteiger partial charge on any atom is -0.458 e. The van der Waals surface area contributed by atoms with Crippen LogP contribution in [0.4, 0.5) is 0 Å². The van der Waals surface area contributed by atoms with Crippen molar-refractivity contribution in [2.24, 2.45) is 34.5 Å². The fourth-order valence-electron chi connectivity index (χ4n) is 11.3. The number of aliphatic hydroxyl groups is 8. The molecule has 0 aromatic rings. The van der Waals surface area contributed by atoms with Crippen molar-refractivity contribution in [2.75, 3.05) is 19.8 Å². The van der Waals surface area contributed by atoms with Gasteiger partial charge in [0.25, 0.3) is 0 Å². The van der Waals surface area contributed by atoms with Gasteiger partial charge in [0.15, 0.2) is 12.6 Å². The molecule has 2 saturated heterocycles. The maximum absolute atomic E-state index is 12.5. The van der Waals surface area contributed by atoms with E-state index in [0.717, 1.165) is 44.1 Å². The molecule has 3 aliphatic heterocycles. The lowest BCUT2D eigenvalue weighted by atomic mass is 9.43. The van der Waals surface area contributed by atoms with Crippen LogP contribution >= 0.6 is 0 Å². The fraction of sp³-hybridized carbons (Fsp3) is 0.914. The number of carbonyl (C=O) groups excluding carboxylic acids is 1. The van der Waals surface area contributed by atoms with Crippen LogP contribution in [0.2, 0.25) is 0 Å². The second kappa shape index (κ2) is 13.3. The number of esters is 1. The molecule has 4 saturated carbocycles. The van der Waals surface area contributed by atoms with E-state index in [1.54, 1.807) is 6.08 Å². The standard InChI is InChI=1S/C35H54O14/c1-33-8-5-18(46-32-30(28(42)26(40)23(14-37)48-32)49-31-29(43)27(41)25(39)22(13-36)47-31)12-17(33)3-4-21-20(33)6-9-34(2)19(7-10-35(21,34)44)16-11-24(38)45-15-16/h11,17-23,25-32,36-37,39-44H,3-10,12-15H2,1-2H3/t17-,18-,19+,20+,21+,22-,23-,25+,26+,27+,28+,29+,30+,31+,32-,33-,34+,35-/m0/s1. The number of ether oxygens (including phenoxy) is 5. The smallest absolute Gasteiger partial charge is 0.331 e. The monoisotopic (exact) mass is 698 g/mol. The number of cyclic esters (lactones) is 1. The number of fused-ring (bicyclic) bond motifs is 5. The lowest BCUT2D eigenvalue weighted by Crippen LogP contribution is -2.65. The van der Waals surface area contributed by atoms with Crippen LogP contribution in [0.15, 0.2) is 11.6 Å². The molecular formula is C35H54O14. The SMILES string of the molecule is C[C@]12CC[C@H](O[C@H]3O[C@@H](CO)[C@@H](O)[C@@H](O)[C@H]3O[C@H]3O[C@@H](CO)[C@@H](O)[C@@H](O)[C@H]3O)C[C@@H]1CC[C@@H]1[C@H]2CC[C@]2(C)[C@@H](C3=CC(=O)OC3)CC[C@]12O. The van der Waals surface area contributed by atoms with Gasteiger partial charge in [0, 0.05) is 11.5 Å². The molecule has 8 N–H and O–H groups in total. The Labute approximate surface area is 285 Å². The van der Waals surface area contributed by atoms with Crippen molar-refractivity contribution in [2.45, 2.75) is 145 Å². The number of rotatable bonds is 7. The molecule has 0 aromatic heterocycles. The molecule has 0 radical (unpaired) electrons. The Hall–Kier alpha value is -1.27. The third kappa shape index (κ3) is 5.73. The average molecular weight is 699 g/mol. The van der Waals surface area contributed by atoms with Crippen LogP contribution in [-0.4, -0.2) is 140 Å². The van der Waals surface area contributed by atoms with E-state index in [1.807, 2.05) is 0 Å². The summed E-state index contributed by atoms with van der Waals surface area (Å²) in [6, 6.07) is 0. The first kappa shape index (κ1) is 36.1. The highest BCUT2D eigenvalue weighted by Gasteiger charge is 2.68. The Balaban J connectivity index is 1.05. The van der Waals surface area contributed by atoms with Gasteiger partial charge in [-0.3, -0.25) is 0 Å². The third-order valence-corrected chi connectivity index (χ3v) is 14.2. The van der Waals surface area contributed by atoms with Gasteiger partial charge in [-0.25, -0.2) is 4.79 Å². The zero-order valence-corrected chi connectivity index (χ0v) is 28.3. The minimum absolute atomic E-state index is 0.0351. The third-order valence-electron chi connectivity index (χ3n) is 14.2. The van der Waals surface area contributed by atoms with E-state index < -0.39 is 80.2 Å². The van der Waals surface area contributed by atoms with Crippen LogP contribution in [0.1, 0.15) is 71.6 Å². The quantitative estimate of drug-likeness (QED) is 0.121. The van der Waals surface area contributed by atoms with E-state index in [9.17, 15) is 45.6 Å². The van der Waals surface area contributed by atoms with Crippen LogP contribution in [0.3, 0.4) is 0 Å². The molecule has 7 rings (SSSR count). The molecule has 6 fully saturated rings. The molecule has 7 aliphatic rings. The summed E-state index contributed by atoms with van der Waals surface area (Å²) in [6.07, 6.45) is -6.20. The molecule has 14 heteroatoms. The summed E-state index contributed by atoms with van der Waals surface area (Å²) < 4.78 is 29.0. The highest BCUT2D eigenvalue weighted by atomic mass is 16.8. The Kier molecular flexibility index (Phi) is 9.80. The van der Waals surface area contributed by atoms with E-state index in [-0.39, 0.29) is 34.7 Å². The first-order chi connectivity index (χ1) is 23.3. The van der Waals surface area contributed by atoms with Crippen molar-refractivity contribution < 1.29 is 69.3 Å². The van der Waals surface area contributed by atoms with E-state index >= 15 is 0 Å². The Bertz CT molecular complexity index is 1260. The topological polar surface area (TPSA) is 225 Å². The fourth-order valence-corrected chi connectivity index (χ4v) is 11.3. The lowest BCUT2D eigenvalue weighted by Gasteiger charge is -2.64. The van der Waals surface area contributed by atoms with Crippen molar-refractivity contribution >= 4 is 5.97 Å². The van der Waals surface area contributed by atoms with Crippen LogP contribution in [-0.2, 0) is 28.5 Å². The summed E-state index contributed by atoms with van der Waals surface area (Å²) in [4.78, 5) is 11.9. The number of aliphatic hydroxyl groups excluding tert-OH is 7.